The Labute approximate surface area is 131 Å². The molecule has 122 valence electrons. The van der Waals surface area contributed by atoms with E-state index < -0.39 is 11.6 Å². The fourth-order valence-electron chi connectivity index (χ4n) is 3.88. The van der Waals surface area contributed by atoms with Crippen molar-refractivity contribution in [3.63, 3.8) is 0 Å². The van der Waals surface area contributed by atoms with Crippen molar-refractivity contribution in [1.82, 2.24) is 0 Å². The Morgan fingerprint density at radius 3 is 2.05 bits per heavy atom. The molecule has 1 saturated heterocycles. The Morgan fingerprint density at radius 1 is 1.00 bits per heavy atom. The van der Waals surface area contributed by atoms with Crippen LogP contribution in [0, 0.1) is 17.8 Å². The zero-order valence-corrected chi connectivity index (χ0v) is 13.3. The molecule has 2 atom stereocenters. The van der Waals surface area contributed by atoms with Gasteiger partial charge in [0.25, 0.3) is 0 Å². The van der Waals surface area contributed by atoms with Gasteiger partial charge in [-0.3, -0.25) is 0 Å². The lowest BCUT2D eigenvalue weighted by molar-refractivity contribution is -0.670. The predicted molar refractivity (Wildman–Crippen MR) is 79.9 cm³/mol. The lowest BCUT2D eigenvalue weighted by Gasteiger charge is -2.48. The van der Waals surface area contributed by atoms with Crippen molar-refractivity contribution >= 4 is 0 Å². The molecule has 2 spiro atoms. The van der Waals surface area contributed by atoms with Crippen LogP contribution < -0.4 is 5.73 Å². The Hall–Kier alpha value is -0.720. The average Bonchev–Trinajstić information content (AvgIpc) is 3.26. The third-order valence-corrected chi connectivity index (χ3v) is 5.69. The van der Waals surface area contributed by atoms with E-state index in [1.165, 1.54) is 11.1 Å². The molecule has 5 heteroatoms. The molecule has 0 bridgehead atoms. The third-order valence-electron chi connectivity index (χ3n) is 5.69. The Morgan fingerprint density at radius 2 is 1.55 bits per heavy atom. The molecule has 2 saturated carbocycles. The first-order valence-corrected chi connectivity index (χ1v) is 8.42. The quantitative estimate of drug-likeness (QED) is 0.755. The Balaban J connectivity index is 1.48. The molecule has 22 heavy (non-hydrogen) atoms. The molecule has 1 aliphatic heterocycles. The van der Waals surface area contributed by atoms with Gasteiger partial charge in [0, 0.05) is 24.7 Å². The standard InChI is InChI=1S/C17H25NO4/c1-11-7-14-9-15(14)8-12(2)17(11)21-19-16(20-22-17)5-3-13(10-18)4-6-16/h7-8,11-13H,3-6,9-10,18H2,1-2H3. The number of nitrogens with two attached hydrogens (primary N) is 1. The Kier molecular flexibility index (Phi) is 3.47. The van der Waals surface area contributed by atoms with Crippen molar-refractivity contribution in [2.24, 2.45) is 23.5 Å². The van der Waals surface area contributed by atoms with Gasteiger partial charge in [0.05, 0.1) is 0 Å². The van der Waals surface area contributed by atoms with Gasteiger partial charge >= 0.3 is 0 Å². The van der Waals surface area contributed by atoms with Gasteiger partial charge in [0.1, 0.15) is 0 Å². The van der Waals surface area contributed by atoms with Gasteiger partial charge in [-0.1, -0.05) is 26.0 Å². The van der Waals surface area contributed by atoms with E-state index in [9.17, 15) is 0 Å². The lowest BCUT2D eigenvalue weighted by atomic mass is 9.85. The van der Waals surface area contributed by atoms with Crippen LogP contribution in [0.3, 0.4) is 0 Å². The highest BCUT2D eigenvalue weighted by atomic mass is 17.4. The van der Waals surface area contributed by atoms with Crippen molar-refractivity contribution in [2.75, 3.05) is 6.54 Å². The normalized spacial score (nSPS) is 47.7. The van der Waals surface area contributed by atoms with Crippen LogP contribution >= 0.6 is 0 Å². The highest BCUT2D eigenvalue weighted by Crippen LogP contribution is 2.51. The Bertz CT molecular complexity index is 483. The molecule has 0 aromatic rings. The van der Waals surface area contributed by atoms with Crippen LogP contribution in [0.25, 0.3) is 0 Å². The van der Waals surface area contributed by atoms with Crippen LogP contribution in [0.1, 0.15) is 46.0 Å². The number of hydrogen-bond acceptors (Lipinski definition) is 5. The zero-order chi connectivity index (χ0) is 15.4. The topological polar surface area (TPSA) is 62.9 Å². The second kappa shape index (κ2) is 5.14. The highest BCUT2D eigenvalue weighted by Gasteiger charge is 2.56. The van der Waals surface area contributed by atoms with Crippen LogP contribution in [0.4, 0.5) is 0 Å². The molecule has 0 aromatic heterocycles. The maximum absolute atomic E-state index is 5.87. The van der Waals surface area contributed by atoms with E-state index in [1.807, 2.05) is 0 Å². The number of hydrogen-bond donors (Lipinski definition) is 1. The van der Waals surface area contributed by atoms with Crippen LogP contribution in [-0.2, 0) is 19.6 Å². The summed E-state index contributed by atoms with van der Waals surface area (Å²) in [6.07, 6.45) is 9.00. The molecule has 4 rings (SSSR count). The zero-order valence-electron chi connectivity index (χ0n) is 13.3. The summed E-state index contributed by atoms with van der Waals surface area (Å²) in [5.41, 5.74) is 8.54. The molecular weight excluding hydrogens is 282 g/mol. The molecule has 2 unspecified atom stereocenters. The number of rotatable bonds is 1. The number of allylic oxidation sites excluding steroid dienone is 2. The first-order chi connectivity index (χ1) is 10.6. The minimum Gasteiger partial charge on any atom is -0.330 e. The largest absolute Gasteiger partial charge is 0.330 e. The lowest BCUT2D eigenvalue weighted by Crippen LogP contribution is -2.57. The van der Waals surface area contributed by atoms with Gasteiger partial charge in [0.2, 0.25) is 11.6 Å². The van der Waals surface area contributed by atoms with Crippen LogP contribution in [0.2, 0.25) is 0 Å². The van der Waals surface area contributed by atoms with Crippen molar-refractivity contribution in [2.45, 2.75) is 57.5 Å². The van der Waals surface area contributed by atoms with Crippen LogP contribution in [-0.4, -0.2) is 18.1 Å². The first kappa shape index (κ1) is 14.8. The summed E-state index contributed by atoms with van der Waals surface area (Å²) in [6.45, 7) is 4.90. The molecule has 4 aliphatic rings. The average molecular weight is 307 g/mol. The van der Waals surface area contributed by atoms with E-state index in [-0.39, 0.29) is 11.8 Å². The third kappa shape index (κ3) is 2.27. The molecular formula is C17H25NO4. The van der Waals surface area contributed by atoms with E-state index in [0.29, 0.717) is 5.92 Å². The maximum atomic E-state index is 5.87. The fourth-order valence-corrected chi connectivity index (χ4v) is 3.88. The van der Waals surface area contributed by atoms with Gasteiger partial charge < -0.3 is 5.73 Å². The summed E-state index contributed by atoms with van der Waals surface area (Å²) in [7, 11) is 0. The first-order valence-electron chi connectivity index (χ1n) is 8.42. The minimum atomic E-state index is -0.886. The van der Waals surface area contributed by atoms with Crippen LogP contribution in [0.5, 0.6) is 0 Å². The maximum Gasteiger partial charge on any atom is 0.246 e. The molecule has 0 radical (unpaired) electrons. The molecule has 1 heterocycles. The second-order valence-corrected chi connectivity index (χ2v) is 7.28. The van der Waals surface area contributed by atoms with Crippen molar-refractivity contribution in [1.29, 1.82) is 0 Å². The van der Waals surface area contributed by atoms with Crippen molar-refractivity contribution in [3.8, 4) is 0 Å². The summed E-state index contributed by atoms with van der Waals surface area (Å²) in [6, 6.07) is 0. The number of fused-ring (bicyclic) bond motifs is 1. The van der Waals surface area contributed by atoms with Gasteiger partial charge in [0.15, 0.2) is 0 Å². The molecule has 0 amide bonds. The van der Waals surface area contributed by atoms with Gasteiger partial charge in [-0.15, -0.1) is 0 Å². The molecule has 3 aliphatic carbocycles. The van der Waals surface area contributed by atoms with E-state index in [1.54, 1.807) is 0 Å². The van der Waals surface area contributed by atoms with E-state index >= 15 is 0 Å². The summed E-state index contributed by atoms with van der Waals surface area (Å²) >= 11 is 0. The molecule has 5 nitrogen and oxygen atoms in total. The minimum absolute atomic E-state index is 0.0754. The smallest absolute Gasteiger partial charge is 0.246 e. The SMILES string of the molecule is CC1C=C2CC2=CC(C)C12OOC1(CCC(CN)CC1)OO2. The van der Waals surface area contributed by atoms with Gasteiger partial charge in [-0.05, 0) is 42.9 Å². The monoisotopic (exact) mass is 307 g/mol. The summed E-state index contributed by atoms with van der Waals surface area (Å²) in [4.78, 5) is 23.3. The second-order valence-electron chi connectivity index (χ2n) is 7.28. The van der Waals surface area contributed by atoms with Crippen LogP contribution in [0.15, 0.2) is 23.3 Å². The van der Waals surface area contributed by atoms with Crippen molar-refractivity contribution in [3.05, 3.63) is 23.3 Å². The highest BCUT2D eigenvalue weighted by molar-refractivity contribution is 5.52. The molecule has 2 N–H and O–H groups in total. The summed E-state index contributed by atoms with van der Waals surface area (Å²) in [5.74, 6) is -0.945. The van der Waals surface area contributed by atoms with Gasteiger partial charge in [-0.25, -0.2) is 0 Å². The fraction of sp³-hybridized carbons (Fsp3) is 0.765. The molecule has 3 fully saturated rings. The van der Waals surface area contributed by atoms with Gasteiger partial charge in [-0.2, -0.15) is 19.6 Å². The van der Waals surface area contributed by atoms with E-state index in [0.717, 1.165) is 38.6 Å². The molecule has 0 aromatic carbocycles. The summed E-state index contributed by atoms with van der Waals surface area (Å²) in [5, 5.41) is 0. The van der Waals surface area contributed by atoms with Crippen molar-refractivity contribution < 1.29 is 19.6 Å². The predicted octanol–water partition coefficient (Wildman–Crippen LogP) is 2.98. The summed E-state index contributed by atoms with van der Waals surface area (Å²) < 4.78 is 0. The van der Waals surface area contributed by atoms with E-state index in [2.05, 4.69) is 26.0 Å². The van der Waals surface area contributed by atoms with E-state index in [4.69, 9.17) is 25.3 Å².